The first-order valence-electron chi connectivity index (χ1n) is 5.70. The summed E-state index contributed by atoms with van der Waals surface area (Å²) < 4.78 is 5.38. The molecule has 0 aliphatic rings. The van der Waals surface area contributed by atoms with Crippen molar-refractivity contribution in [3.63, 3.8) is 0 Å². The predicted octanol–water partition coefficient (Wildman–Crippen LogP) is 4.18. The minimum atomic E-state index is 0.649. The highest BCUT2D eigenvalue weighted by Gasteiger charge is 1.94. The maximum Gasteiger partial charge on any atom is 0.0836 e. The number of unbranched alkanes of at least 4 members (excludes halogenated alkanes) is 5. The molecule has 0 spiro atoms. The molecule has 0 aliphatic carbocycles. The quantitative estimate of drug-likeness (QED) is 0.490. The zero-order valence-corrected chi connectivity index (χ0v) is 9.51. The Labute approximate surface area is 83.9 Å². The van der Waals surface area contributed by atoms with Crippen LogP contribution in [0, 0.1) is 12.5 Å². The zero-order chi connectivity index (χ0) is 9.94. The van der Waals surface area contributed by atoms with Gasteiger partial charge in [0.1, 0.15) is 0 Å². The molecule has 1 radical (unpaired) electrons. The Hall–Kier alpha value is -0.0400. The molecule has 79 valence electrons. The Morgan fingerprint density at radius 2 is 1.77 bits per heavy atom. The highest BCUT2D eigenvalue weighted by Crippen LogP contribution is 2.07. The second-order valence-corrected chi connectivity index (χ2v) is 4.10. The van der Waals surface area contributed by atoms with E-state index in [4.69, 9.17) is 4.74 Å². The summed E-state index contributed by atoms with van der Waals surface area (Å²) in [6, 6.07) is 0. The van der Waals surface area contributed by atoms with Crippen LogP contribution in [0.2, 0.25) is 0 Å². The average molecular weight is 185 g/mol. The minimum Gasteiger partial charge on any atom is -0.375 e. The van der Waals surface area contributed by atoms with Gasteiger partial charge in [0.25, 0.3) is 0 Å². The van der Waals surface area contributed by atoms with Gasteiger partial charge in [0.05, 0.1) is 6.61 Å². The Kier molecular flexibility index (Phi) is 10.0. The van der Waals surface area contributed by atoms with E-state index in [1.165, 1.54) is 32.1 Å². The molecule has 0 aliphatic heterocycles. The molecule has 1 nitrogen and oxygen atoms in total. The summed E-state index contributed by atoms with van der Waals surface area (Å²) in [5.41, 5.74) is 0. The van der Waals surface area contributed by atoms with E-state index in [2.05, 4.69) is 20.8 Å². The lowest BCUT2D eigenvalue weighted by atomic mass is 10.1. The molecule has 0 rings (SSSR count). The third-order valence-electron chi connectivity index (χ3n) is 1.97. The van der Waals surface area contributed by atoms with Crippen molar-refractivity contribution in [1.82, 2.24) is 0 Å². The van der Waals surface area contributed by atoms with Gasteiger partial charge in [-0.2, -0.15) is 0 Å². The summed E-state index contributed by atoms with van der Waals surface area (Å²) in [5.74, 6) is 0.649. The lowest BCUT2D eigenvalue weighted by molar-refractivity contribution is 0.160. The summed E-state index contributed by atoms with van der Waals surface area (Å²) in [5, 5.41) is 0. The van der Waals surface area contributed by atoms with Gasteiger partial charge in [-0.3, -0.25) is 0 Å². The molecule has 0 aromatic heterocycles. The summed E-state index contributed by atoms with van der Waals surface area (Å²) in [4.78, 5) is 0. The monoisotopic (exact) mass is 185 g/mol. The van der Waals surface area contributed by atoms with E-state index >= 15 is 0 Å². The SMILES string of the molecule is CCCCCCC[CH]OCC(C)C. The predicted molar refractivity (Wildman–Crippen MR) is 58.5 cm³/mol. The minimum absolute atomic E-state index is 0.649. The summed E-state index contributed by atoms with van der Waals surface area (Å²) in [6.45, 7) is 9.45. The molecule has 0 fully saturated rings. The third-order valence-corrected chi connectivity index (χ3v) is 1.97. The summed E-state index contributed by atoms with van der Waals surface area (Å²) >= 11 is 0. The van der Waals surface area contributed by atoms with Crippen LogP contribution in [-0.2, 0) is 4.74 Å². The van der Waals surface area contributed by atoms with Gasteiger partial charge in [-0.15, -0.1) is 0 Å². The summed E-state index contributed by atoms with van der Waals surface area (Å²) in [7, 11) is 0. The first-order valence-corrected chi connectivity index (χ1v) is 5.70. The van der Waals surface area contributed by atoms with Gasteiger partial charge >= 0.3 is 0 Å². The molecule has 0 aromatic rings. The van der Waals surface area contributed by atoms with Crippen LogP contribution in [0.25, 0.3) is 0 Å². The Morgan fingerprint density at radius 3 is 2.38 bits per heavy atom. The topological polar surface area (TPSA) is 9.23 Å². The highest BCUT2D eigenvalue weighted by molar-refractivity contribution is 4.53. The molecule has 0 aromatic carbocycles. The van der Waals surface area contributed by atoms with E-state index in [9.17, 15) is 0 Å². The second kappa shape index (κ2) is 10.0. The van der Waals surface area contributed by atoms with Crippen LogP contribution in [0.1, 0.15) is 59.3 Å². The van der Waals surface area contributed by atoms with Crippen molar-refractivity contribution in [3.05, 3.63) is 6.61 Å². The maximum absolute atomic E-state index is 5.38. The first kappa shape index (κ1) is 13.0. The van der Waals surface area contributed by atoms with Crippen LogP contribution in [0.5, 0.6) is 0 Å². The van der Waals surface area contributed by atoms with Gasteiger partial charge in [-0.05, 0) is 12.3 Å². The van der Waals surface area contributed by atoms with Crippen LogP contribution in [0.4, 0.5) is 0 Å². The van der Waals surface area contributed by atoms with Crippen molar-refractivity contribution in [2.24, 2.45) is 5.92 Å². The van der Waals surface area contributed by atoms with Crippen LogP contribution in [-0.4, -0.2) is 6.61 Å². The number of hydrogen-bond donors (Lipinski definition) is 0. The molecule has 1 heteroatoms. The molecule has 13 heavy (non-hydrogen) atoms. The largest absolute Gasteiger partial charge is 0.375 e. The van der Waals surface area contributed by atoms with E-state index < -0.39 is 0 Å². The van der Waals surface area contributed by atoms with E-state index in [1.54, 1.807) is 0 Å². The molecular formula is C12H25O. The van der Waals surface area contributed by atoms with E-state index in [0.29, 0.717) is 5.92 Å². The van der Waals surface area contributed by atoms with Crippen molar-refractivity contribution in [3.8, 4) is 0 Å². The first-order chi connectivity index (χ1) is 6.27. The van der Waals surface area contributed by atoms with Crippen LogP contribution in [0.3, 0.4) is 0 Å². The molecule has 0 heterocycles. The molecule has 0 N–H and O–H groups in total. The molecule has 0 saturated heterocycles. The van der Waals surface area contributed by atoms with Crippen LogP contribution in [0.15, 0.2) is 0 Å². The average Bonchev–Trinajstić information content (AvgIpc) is 2.09. The molecule has 0 bridgehead atoms. The van der Waals surface area contributed by atoms with Gasteiger partial charge in [0, 0.05) is 6.61 Å². The van der Waals surface area contributed by atoms with Gasteiger partial charge in [0.2, 0.25) is 0 Å². The van der Waals surface area contributed by atoms with E-state index in [-0.39, 0.29) is 0 Å². The fraction of sp³-hybridized carbons (Fsp3) is 0.917. The highest BCUT2D eigenvalue weighted by atomic mass is 16.5. The Morgan fingerprint density at radius 1 is 1.08 bits per heavy atom. The lowest BCUT2D eigenvalue weighted by Crippen LogP contribution is -1.99. The molecule has 0 saturated carbocycles. The Balaban J connectivity index is 2.84. The van der Waals surface area contributed by atoms with E-state index in [1.807, 2.05) is 6.61 Å². The Bertz CT molecular complexity index is 89.1. The van der Waals surface area contributed by atoms with Crippen molar-refractivity contribution in [1.29, 1.82) is 0 Å². The van der Waals surface area contributed by atoms with Crippen molar-refractivity contribution in [2.45, 2.75) is 59.3 Å². The van der Waals surface area contributed by atoms with Crippen LogP contribution < -0.4 is 0 Å². The second-order valence-electron chi connectivity index (χ2n) is 4.10. The fourth-order valence-electron chi connectivity index (χ4n) is 1.18. The molecule has 0 unspecified atom stereocenters. The third kappa shape index (κ3) is 12.0. The molecule has 0 amide bonds. The number of rotatable bonds is 9. The van der Waals surface area contributed by atoms with Crippen LogP contribution >= 0.6 is 0 Å². The fourth-order valence-corrected chi connectivity index (χ4v) is 1.18. The van der Waals surface area contributed by atoms with Gasteiger partial charge in [-0.1, -0.05) is 52.9 Å². The molecular weight excluding hydrogens is 160 g/mol. The van der Waals surface area contributed by atoms with Crippen molar-refractivity contribution in [2.75, 3.05) is 6.61 Å². The standard InChI is InChI=1S/C12H25O/c1-4-5-6-7-8-9-10-13-11-12(2)3/h10,12H,4-9,11H2,1-3H3. The van der Waals surface area contributed by atoms with Gasteiger partial charge in [0.15, 0.2) is 0 Å². The van der Waals surface area contributed by atoms with E-state index in [0.717, 1.165) is 13.0 Å². The number of ether oxygens (including phenoxy) is 1. The lowest BCUT2D eigenvalue weighted by Gasteiger charge is -2.05. The zero-order valence-electron chi connectivity index (χ0n) is 9.51. The van der Waals surface area contributed by atoms with Crippen molar-refractivity contribution >= 4 is 0 Å². The molecule has 0 atom stereocenters. The van der Waals surface area contributed by atoms with Gasteiger partial charge < -0.3 is 4.74 Å². The maximum atomic E-state index is 5.38. The smallest absolute Gasteiger partial charge is 0.0836 e. The number of hydrogen-bond acceptors (Lipinski definition) is 1. The van der Waals surface area contributed by atoms with Gasteiger partial charge in [-0.25, -0.2) is 0 Å². The summed E-state index contributed by atoms with van der Waals surface area (Å²) in [6.07, 6.45) is 7.86. The normalized spacial score (nSPS) is 11.1. The van der Waals surface area contributed by atoms with Crippen molar-refractivity contribution < 1.29 is 4.74 Å².